The first kappa shape index (κ1) is 9.23. The van der Waals surface area contributed by atoms with Gasteiger partial charge in [0.1, 0.15) is 0 Å². The summed E-state index contributed by atoms with van der Waals surface area (Å²) in [7, 11) is 0. The third kappa shape index (κ3) is 3.03. The standard InChI is InChI=1S/C10H15NO/c1-9(7-11)12-8-10-5-3-2-4-6-10/h2-6,9H,7-8,11H2,1H3. The molecule has 1 atom stereocenters. The van der Waals surface area contributed by atoms with E-state index >= 15 is 0 Å². The fourth-order valence-electron chi connectivity index (χ4n) is 0.881. The van der Waals surface area contributed by atoms with Gasteiger partial charge in [0.15, 0.2) is 0 Å². The maximum Gasteiger partial charge on any atom is 0.0721 e. The summed E-state index contributed by atoms with van der Waals surface area (Å²) in [6.45, 7) is 3.20. The third-order valence-electron chi connectivity index (χ3n) is 1.71. The van der Waals surface area contributed by atoms with Crippen molar-refractivity contribution in [3.05, 3.63) is 35.9 Å². The van der Waals surface area contributed by atoms with Crippen LogP contribution in [-0.4, -0.2) is 12.6 Å². The van der Waals surface area contributed by atoms with Crippen molar-refractivity contribution < 1.29 is 4.74 Å². The Bertz CT molecular complexity index is 210. The number of benzene rings is 1. The first-order valence-electron chi connectivity index (χ1n) is 4.18. The minimum atomic E-state index is 0.144. The first-order valence-corrected chi connectivity index (χ1v) is 4.18. The molecule has 1 rings (SSSR count). The van der Waals surface area contributed by atoms with E-state index in [9.17, 15) is 0 Å². The van der Waals surface area contributed by atoms with Crippen molar-refractivity contribution in [2.75, 3.05) is 6.54 Å². The number of hydrogen-bond donors (Lipinski definition) is 1. The SMILES string of the molecule is CC(CN)OCc1ccccc1. The highest BCUT2D eigenvalue weighted by molar-refractivity contribution is 5.13. The predicted octanol–water partition coefficient (Wildman–Crippen LogP) is 1.55. The minimum Gasteiger partial charge on any atom is -0.373 e. The summed E-state index contributed by atoms with van der Waals surface area (Å²) in [6.07, 6.45) is 0.144. The molecule has 2 nitrogen and oxygen atoms in total. The van der Waals surface area contributed by atoms with E-state index in [1.54, 1.807) is 0 Å². The fraction of sp³-hybridized carbons (Fsp3) is 0.400. The van der Waals surface area contributed by atoms with Gasteiger partial charge in [0, 0.05) is 6.54 Å². The van der Waals surface area contributed by atoms with Crippen LogP contribution in [0.2, 0.25) is 0 Å². The zero-order valence-corrected chi connectivity index (χ0v) is 7.36. The van der Waals surface area contributed by atoms with Crippen LogP contribution in [0.15, 0.2) is 30.3 Å². The zero-order valence-electron chi connectivity index (χ0n) is 7.36. The number of rotatable bonds is 4. The Kier molecular flexibility index (Phi) is 3.77. The molecule has 0 saturated heterocycles. The Morgan fingerprint density at radius 1 is 1.33 bits per heavy atom. The molecule has 1 aromatic carbocycles. The molecule has 0 fully saturated rings. The van der Waals surface area contributed by atoms with Crippen LogP contribution in [0.4, 0.5) is 0 Å². The average Bonchev–Trinajstić information content (AvgIpc) is 2.16. The van der Waals surface area contributed by atoms with Gasteiger partial charge in [-0.15, -0.1) is 0 Å². The second-order valence-electron chi connectivity index (χ2n) is 2.84. The van der Waals surface area contributed by atoms with Crippen LogP contribution in [0.3, 0.4) is 0 Å². The molecule has 2 N–H and O–H groups in total. The molecule has 0 bridgehead atoms. The molecule has 66 valence electrons. The van der Waals surface area contributed by atoms with Gasteiger partial charge in [0.25, 0.3) is 0 Å². The average molecular weight is 165 g/mol. The monoisotopic (exact) mass is 165 g/mol. The third-order valence-corrected chi connectivity index (χ3v) is 1.71. The smallest absolute Gasteiger partial charge is 0.0721 e. The summed E-state index contributed by atoms with van der Waals surface area (Å²) in [5.74, 6) is 0. The summed E-state index contributed by atoms with van der Waals surface area (Å²) in [5.41, 5.74) is 6.60. The molecule has 0 aliphatic rings. The normalized spacial score (nSPS) is 12.8. The summed E-state index contributed by atoms with van der Waals surface area (Å²) < 4.78 is 5.45. The Labute approximate surface area is 73.3 Å². The van der Waals surface area contributed by atoms with E-state index < -0.39 is 0 Å². The predicted molar refractivity (Wildman–Crippen MR) is 49.7 cm³/mol. The summed E-state index contributed by atoms with van der Waals surface area (Å²) in [6, 6.07) is 10.1. The molecule has 0 amide bonds. The van der Waals surface area contributed by atoms with Crippen molar-refractivity contribution in [1.82, 2.24) is 0 Å². The molecule has 0 saturated carbocycles. The van der Waals surface area contributed by atoms with Crippen molar-refractivity contribution in [2.24, 2.45) is 5.73 Å². The number of nitrogens with two attached hydrogens (primary N) is 1. The van der Waals surface area contributed by atoms with Crippen molar-refractivity contribution in [3.8, 4) is 0 Å². The molecular formula is C10H15NO. The lowest BCUT2D eigenvalue weighted by Crippen LogP contribution is -2.19. The highest BCUT2D eigenvalue weighted by Crippen LogP contribution is 2.02. The molecular weight excluding hydrogens is 150 g/mol. The molecule has 1 aromatic rings. The highest BCUT2D eigenvalue weighted by Gasteiger charge is 1.97. The molecule has 0 spiro atoms. The zero-order chi connectivity index (χ0) is 8.81. The van der Waals surface area contributed by atoms with Crippen LogP contribution in [0.25, 0.3) is 0 Å². The van der Waals surface area contributed by atoms with E-state index in [4.69, 9.17) is 10.5 Å². The lowest BCUT2D eigenvalue weighted by Gasteiger charge is -2.09. The fourth-order valence-corrected chi connectivity index (χ4v) is 0.881. The second kappa shape index (κ2) is 4.91. The molecule has 1 unspecified atom stereocenters. The van der Waals surface area contributed by atoms with Crippen LogP contribution in [0.1, 0.15) is 12.5 Å². The lowest BCUT2D eigenvalue weighted by molar-refractivity contribution is 0.0590. The summed E-state index contributed by atoms with van der Waals surface area (Å²) in [5, 5.41) is 0. The summed E-state index contributed by atoms with van der Waals surface area (Å²) in [4.78, 5) is 0. The first-order chi connectivity index (χ1) is 5.83. The van der Waals surface area contributed by atoms with E-state index in [-0.39, 0.29) is 6.10 Å². The molecule has 0 heterocycles. The van der Waals surface area contributed by atoms with Crippen LogP contribution in [0.5, 0.6) is 0 Å². The second-order valence-corrected chi connectivity index (χ2v) is 2.84. The Balaban J connectivity index is 2.33. The van der Waals surface area contributed by atoms with Gasteiger partial charge >= 0.3 is 0 Å². The van der Waals surface area contributed by atoms with E-state index in [1.807, 2.05) is 37.3 Å². The Hall–Kier alpha value is -0.860. The minimum absolute atomic E-state index is 0.144. The molecule has 0 radical (unpaired) electrons. The number of hydrogen-bond acceptors (Lipinski definition) is 2. The summed E-state index contributed by atoms with van der Waals surface area (Å²) >= 11 is 0. The largest absolute Gasteiger partial charge is 0.373 e. The van der Waals surface area contributed by atoms with Crippen molar-refractivity contribution >= 4 is 0 Å². The van der Waals surface area contributed by atoms with Gasteiger partial charge in [0.05, 0.1) is 12.7 Å². The van der Waals surface area contributed by atoms with Crippen LogP contribution in [0, 0.1) is 0 Å². The van der Waals surface area contributed by atoms with Gasteiger partial charge in [0.2, 0.25) is 0 Å². The van der Waals surface area contributed by atoms with E-state index in [0.29, 0.717) is 13.2 Å². The maximum absolute atomic E-state index is 5.45. The molecule has 0 aromatic heterocycles. The lowest BCUT2D eigenvalue weighted by atomic mass is 10.2. The van der Waals surface area contributed by atoms with E-state index in [2.05, 4.69) is 0 Å². The van der Waals surface area contributed by atoms with Gasteiger partial charge in [-0.2, -0.15) is 0 Å². The maximum atomic E-state index is 5.45. The van der Waals surface area contributed by atoms with Crippen LogP contribution in [-0.2, 0) is 11.3 Å². The number of ether oxygens (including phenoxy) is 1. The van der Waals surface area contributed by atoms with E-state index in [1.165, 1.54) is 5.56 Å². The van der Waals surface area contributed by atoms with Crippen LogP contribution >= 0.6 is 0 Å². The van der Waals surface area contributed by atoms with Crippen molar-refractivity contribution in [1.29, 1.82) is 0 Å². The quantitative estimate of drug-likeness (QED) is 0.734. The van der Waals surface area contributed by atoms with Crippen molar-refractivity contribution in [3.63, 3.8) is 0 Å². The molecule has 12 heavy (non-hydrogen) atoms. The van der Waals surface area contributed by atoms with Gasteiger partial charge in [-0.1, -0.05) is 30.3 Å². The molecule has 2 heteroatoms. The Morgan fingerprint density at radius 3 is 2.58 bits per heavy atom. The van der Waals surface area contributed by atoms with Gasteiger partial charge in [-0.3, -0.25) is 0 Å². The molecule has 0 aliphatic heterocycles. The molecule has 0 aliphatic carbocycles. The van der Waals surface area contributed by atoms with Crippen LogP contribution < -0.4 is 5.73 Å². The van der Waals surface area contributed by atoms with E-state index in [0.717, 1.165) is 0 Å². The Morgan fingerprint density at radius 2 is 2.00 bits per heavy atom. The van der Waals surface area contributed by atoms with Gasteiger partial charge in [-0.05, 0) is 12.5 Å². The topological polar surface area (TPSA) is 35.2 Å². The van der Waals surface area contributed by atoms with Crippen molar-refractivity contribution in [2.45, 2.75) is 19.6 Å². The van der Waals surface area contributed by atoms with Gasteiger partial charge < -0.3 is 10.5 Å². The highest BCUT2D eigenvalue weighted by atomic mass is 16.5. The van der Waals surface area contributed by atoms with Gasteiger partial charge in [-0.25, -0.2) is 0 Å².